The molecular weight excluding hydrogens is 208 g/mol. The van der Waals surface area contributed by atoms with Crippen LogP contribution in [-0.4, -0.2) is 11.2 Å². The van der Waals surface area contributed by atoms with Crippen LogP contribution in [0, 0.1) is 0 Å². The summed E-state index contributed by atoms with van der Waals surface area (Å²) in [4.78, 5) is 0. The van der Waals surface area contributed by atoms with Gasteiger partial charge in [0.2, 0.25) is 0 Å². The summed E-state index contributed by atoms with van der Waals surface area (Å²) >= 11 is 0. The fraction of sp³-hybridized carbons (Fsp3) is 0.625. The summed E-state index contributed by atoms with van der Waals surface area (Å²) in [6.07, 6.45) is 2.65. The Morgan fingerprint density at radius 3 is 2.35 bits per heavy atom. The van der Waals surface area contributed by atoms with Gasteiger partial charge in [-0.1, -0.05) is 52.8 Å². The maximum absolute atomic E-state index is 9.65. The van der Waals surface area contributed by atoms with Crippen molar-refractivity contribution >= 4 is 0 Å². The fourth-order valence-electron chi connectivity index (χ4n) is 2.20. The molecule has 0 saturated heterocycles. The van der Waals surface area contributed by atoms with Gasteiger partial charge in [-0.2, -0.15) is 0 Å². The lowest BCUT2D eigenvalue weighted by molar-refractivity contribution is 0.158. The highest BCUT2D eigenvalue weighted by Gasteiger charge is 2.19. The Labute approximate surface area is 106 Å². The number of hydrogen-bond donors (Lipinski definition) is 1. The van der Waals surface area contributed by atoms with Gasteiger partial charge in [0, 0.05) is 0 Å². The molecule has 1 nitrogen and oxygen atoms in total. The minimum absolute atomic E-state index is 0.132. The molecule has 1 N–H and O–H groups in total. The van der Waals surface area contributed by atoms with Crippen LogP contribution in [0.3, 0.4) is 0 Å². The number of aliphatic hydroxyl groups excluding tert-OH is 1. The van der Waals surface area contributed by atoms with Crippen LogP contribution >= 0.6 is 0 Å². The van der Waals surface area contributed by atoms with E-state index in [1.54, 1.807) is 0 Å². The third-order valence-electron chi connectivity index (χ3n) is 3.27. The van der Waals surface area contributed by atoms with E-state index in [2.05, 4.69) is 39.0 Å². The first-order chi connectivity index (χ1) is 7.97. The highest BCUT2D eigenvalue weighted by molar-refractivity contribution is 5.37. The molecule has 0 spiro atoms. The van der Waals surface area contributed by atoms with Gasteiger partial charge < -0.3 is 5.11 Å². The Bertz CT molecular complexity index is 360. The first kappa shape index (κ1) is 14.2. The molecule has 0 aromatic heterocycles. The van der Waals surface area contributed by atoms with Crippen LogP contribution in [0.25, 0.3) is 0 Å². The van der Waals surface area contributed by atoms with Crippen molar-refractivity contribution in [1.29, 1.82) is 0 Å². The van der Waals surface area contributed by atoms with Crippen LogP contribution in [0.1, 0.15) is 57.7 Å². The zero-order valence-corrected chi connectivity index (χ0v) is 11.9. The molecule has 0 bridgehead atoms. The van der Waals surface area contributed by atoms with E-state index in [0.29, 0.717) is 0 Å². The topological polar surface area (TPSA) is 20.2 Å². The largest absolute Gasteiger partial charge is 0.393 e. The molecule has 1 aromatic carbocycles. The molecule has 1 atom stereocenters. The molecular formula is C16H26O. The van der Waals surface area contributed by atoms with Gasteiger partial charge in [-0.25, -0.2) is 0 Å². The Kier molecular flexibility index (Phi) is 4.76. The van der Waals surface area contributed by atoms with Crippen LogP contribution in [-0.2, 0) is 18.3 Å². The van der Waals surface area contributed by atoms with Crippen molar-refractivity contribution in [3.8, 4) is 0 Å². The summed E-state index contributed by atoms with van der Waals surface area (Å²) in [6, 6.07) is 6.75. The standard InChI is InChI=1S/C14H20O.C2H6/c1-14(2,3)12-6-4-10-5-7-13(15)9-11(10)8-12;1-2/h4,6,8,13,15H,5,7,9H2,1-3H3;1-2H3. The Morgan fingerprint density at radius 1 is 1.12 bits per heavy atom. The number of aryl methyl sites for hydroxylation is 1. The van der Waals surface area contributed by atoms with E-state index in [9.17, 15) is 5.11 Å². The lowest BCUT2D eigenvalue weighted by Crippen LogP contribution is -2.20. The van der Waals surface area contributed by atoms with Crippen molar-refractivity contribution < 1.29 is 5.11 Å². The van der Waals surface area contributed by atoms with E-state index in [1.165, 1.54) is 16.7 Å². The van der Waals surface area contributed by atoms with E-state index in [4.69, 9.17) is 0 Å². The van der Waals surface area contributed by atoms with Crippen LogP contribution < -0.4 is 0 Å². The average Bonchev–Trinajstić information content (AvgIpc) is 2.29. The molecule has 96 valence electrons. The molecule has 1 aliphatic rings. The van der Waals surface area contributed by atoms with Gasteiger partial charge in [0.1, 0.15) is 0 Å². The van der Waals surface area contributed by atoms with Crippen LogP contribution in [0.4, 0.5) is 0 Å². The van der Waals surface area contributed by atoms with Crippen molar-refractivity contribution in [3.05, 3.63) is 34.9 Å². The van der Waals surface area contributed by atoms with E-state index in [-0.39, 0.29) is 11.5 Å². The highest BCUT2D eigenvalue weighted by Crippen LogP contribution is 2.28. The molecule has 0 aliphatic heterocycles. The van der Waals surface area contributed by atoms with Crippen molar-refractivity contribution in [2.75, 3.05) is 0 Å². The molecule has 1 unspecified atom stereocenters. The first-order valence-corrected chi connectivity index (χ1v) is 6.77. The van der Waals surface area contributed by atoms with Gasteiger partial charge in [-0.15, -0.1) is 0 Å². The SMILES string of the molecule is CC.CC(C)(C)c1ccc2c(c1)CC(O)CC2. The molecule has 0 fully saturated rings. The second-order valence-corrected chi connectivity index (χ2v) is 5.63. The van der Waals surface area contributed by atoms with Crippen molar-refractivity contribution in [1.82, 2.24) is 0 Å². The van der Waals surface area contributed by atoms with Crippen LogP contribution in [0.15, 0.2) is 18.2 Å². The van der Waals surface area contributed by atoms with Gasteiger partial charge in [0.25, 0.3) is 0 Å². The Morgan fingerprint density at radius 2 is 1.76 bits per heavy atom. The predicted octanol–water partition coefficient (Wildman–Crippen LogP) is 3.86. The third-order valence-corrected chi connectivity index (χ3v) is 3.27. The van der Waals surface area contributed by atoms with Gasteiger partial charge in [-0.3, -0.25) is 0 Å². The second-order valence-electron chi connectivity index (χ2n) is 5.63. The molecule has 0 amide bonds. The summed E-state index contributed by atoms with van der Waals surface area (Å²) < 4.78 is 0. The quantitative estimate of drug-likeness (QED) is 0.722. The maximum atomic E-state index is 9.65. The number of rotatable bonds is 0. The number of hydrogen-bond acceptors (Lipinski definition) is 1. The first-order valence-electron chi connectivity index (χ1n) is 6.77. The second kappa shape index (κ2) is 5.68. The van der Waals surface area contributed by atoms with Crippen molar-refractivity contribution in [3.63, 3.8) is 0 Å². The molecule has 2 rings (SSSR count). The third kappa shape index (κ3) is 3.57. The van der Waals surface area contributed by atoms with Crippen molar-refractivity contribution in [2.45, 2.75) is 65.4 Å². The molecule has 0 saturated carbocycles. The van der Waals surface area contributed by atoms with Crippen molar-refractivity contribution in [2.24, 2.45) is 0 Å². The fourth-order valence-corrected chi connectivity index (χ4v) is 2.20. The zero-order valence-electron chi connectivity index (χ0n) is 11.9. The number of fused-ring (bicyclic) bond motifs is 1. The van der Waals surface area contributed by atoms with E-state index in [1.807, 2.05) is 13.8 Å². The van der Waals surface area contributed by atoms with Crippen LogP contribution in [0.2, 0.25) is 0 Å². The Hall–Kier alpha value is -0.820. The lowest BCUT2D eigenvalue weighted by atomic mass is 9.82. The molecule has 1 aromatic rings. The molecule has 17 heavy (non-hydrogen) atoms. The molecule has 1 aliphatic carbocycles. The van der Waals surface area contributed by atoms with E-state index in [0.717, 1.165) is 19.3 Å². The number of aliphatic hydroxyl groups is 1. The highest BCUT2D eigenvalue weighted by atomic mass is 16.3. The van der Waals surface area contributed by atoms with Gasteiger partial charge >= 0.3 is 0 Å². The summed E-state index contributed by atoms with van der Waals surface area (Å²) in [6.45, 7) is 10.7. The molecule has 0 radical (unpaired) electrons. The minimum atomic E-state index is -0.132. The maximum Gasteiger partial charge on any atom is 0.0583 e. The molecule has 0 heterocycles. The van der Waals surface area contributed by atoms with Gasteiger partial charge in [0.05, 0.1) is 6.10 Å². The summed E-state index contributed by atoms with van der Waals surface area (Å²) in [5, 5.41) is 9.65. The molecule has 1 heteroatoms. The number of benzene rings is 1. The van der Waals surface area contributed by atoms with E-state index < -0.39 is 0 Å². The monoisotopic (exact) mass is 234 g/mol. The minimum Gasteiger partial charge on any atom is -0.393 e. The smallest absolute Gasteiger partial charge is 0.0583 e. The summed E-state index contributed by atoms with van der Waals surface area (Å²) in [5.74, 6) is 0. The van der Waals surface area contributed by atoms with Gasteiger partial charge in [-0.05, 0) is 41.4 Å². The summed E-state index contributed by atoms with van der Waals surface area (Å²) in [7, 11) is 0. The van der Waals surface area contributed by atoms with E-state index >= 15 is 0 Å². The summed E-state index contributed by atoms with van der Waals surface area (Å²) in [5.41, 5.74) is 4.35. The zero-order chi connectivity index (χ0) is 13.1. The predicted molar refractivity (Wildman–Crippen MR) is 74.5 cm³/mol. The van der Waals surface area contributed by atoms with Crippen LogP contribution in [0.5, 0.6) is 0 Å². The normalized spacial score (nSPS) is 19.1. The Balaban J connectivity index is 0.000000686. The van der Waals surface area contributed by atoms with Gasteiger partial charge in [0.15, 0.2) is 0 Å². The lowest BCUT2D eigenvalue weighted by Gasteiger charge is -2.25. The average molecular weight is 234 g/mol.